The third-order valence-corrected chi connectivity index (χ3v) is 4.71. The Hall–Kier alpha value is -1.02. The van der Waals surface area contributed by atoms with Crippen LogP contribution in [0, 0.1) is 5.41 Å². The summed E-state index contributed by atoms with van der Waals surface area (Å²) in [4.78, 5) is 0. The first kappa shape index (κ1) is 13.0. The fourth-order valence-electron chi connectivity index (χ4n) is 3.36. The Morgan fingerprint density at radius 2 is 2.16 bits per heavy atom. The molecule has 2 heteroatoms. The SMILES string of the molecule is CCCC1(CNCC2CCOc3ccccc32)CC1. The quantitative estimate of drug-likeness (QED) is 0.840. The first-order valence-electron chi connectivity index (χ1n) is 7.75. The highest BCUT2D eigenvalue weighted by atomic mass is 16.5. The minimum absolute atomic E-state index is 0.627. The Morgan fingerprint density at radius 3 is 2.95 bits per heavy atom. The van der Waals surface area contributed by atoms with E-state index in [9.17, 15) is 0 Å². The summed E-state index contributed by atoms with van der Waals surface area (Å²) in [5.74, 6) is 1.72. The highest BCUT2D eigenvalue weighted by molar-refractivity contribution is 5.37. The molecule has 104 valence electrons. The van der Waals surface area contributed by atoms with Crippen molar-refractivity contribution in [1.29, 1.82) is 0 Å². The van der Waals surface area contributed by atoms with Crippen molar-refractivity contribution in [3.05, 3.63) is 29.8 Å². The Balaban J connectivity index is 1.54. The zero-order valence-electron chi connectivity index (χ0n) is 12.0. The van der Waals surface area contributed by atoms with E-state index in [0.717, 1.165) is 25.3 Å². The van der Waals surface area contributed by atoms with Gasteiger partial charge in [-0.25, -0.2) is 0 Å². The van der Waals surface area contributed by atoms with Crippen LogP contribution in [-0.4, -0.2) is 19.7 Å². The van der Waals surface area contributed by atoms with Gasteiger partial charge in [-0.2, -0.15) is 0 Å². The number of hydrogen-bond donors (Lipinski definition) is 1. The van der Waals surface area contributed by atoms with Crippen LogP contribution in [0.1, 0.15) is 50.5 Å². The molecule has 2 nitrogen and oxygen atoms in total. The molecular weight excluding hydrogens is 234 g/mol. The maximum absolute atomic E-state index is 5.72. The van der Waals surface area contributed by atoms with Gasteiger partial charge in [-0.3, -0.25) is 0 Å². The first-order chi connectivity index (χ1) is 9.33. The maximum Gasteiger partial charge on any atom is 0.122 e. The lowest BCUT2D eigenvalue weighted by molar-refractivity contribution is 0.262. The lowest BCUT2D eigenvalue weighted by Gasteiger charge is -2.27. The Labute approximate surface area is 116 Å². The standard InChI is InChI=1S/C17H25NO/c1-2-8-17(9-10-17)13-18-12-14-7-11-19-16-6-4-3-5-15(14)16/h3-6,14,18H,2,7-13H2,1H3. The van der Waals surface area contributed by atoms with E-state index in [-0.39, 0.29) is 0 Å². The molecular formula is C17H25NO. The Kier molecular flexibility index (Phi) is 3.79. The van der Waals surface area contributed by atoms with Crippen LogP contribution in [0.5, 0.6) is 5.75 Å². The molecule has 1 unspecified atom stereocenters. The minimum atomic E-state index is 0.627. The van der Waals surface area contributed by atoms with Crippen molar-refractivity contribution in [1.82, 2.24) is 5.32 Å². The molecule has 0 saturated heterocycles. The predicted octanol–water partition coefficient (Wildman–Crippen LogP) is 3.72. The molecule has 0 spiro atoms. The molecule has 0 amide bonds. The summed E-state index contributed by atoms with van der Waals surface area (Å²) in [6, 6.07) is 8.51. The molecule has 1 aromatic carbocycles. The highest BCUT2D eigenvalue weighted by Gasteiger charge is 2.40. The molecule has 1 aliphatic heterocycles. The topological polar surface area (TPSA) is 21.3 Å². The third kappa shape index (κ3) is 2.94. The van der Waals surface area contributed by atoms with Gasteiger partial charge in [-0.15, -0.1) is 0 Å². The van der Waals surface area contributed by atoms with E-state index in [2.05, 4.69) is 36.5 Å². The van der Waals surface area contributed by atoms with Crippen molar-refractivity contribution in [2.45, 2.75) is 44.9 Å². The molecule has 0 bridgehead atoms. The number of rotatable bonds is 6. The van der Waals surface area contributed by atoms with Crippen LogP contribution in [-0.2, 0) is 0 Å². The number of hydrogen-bond acceptors (Lipinski definition) is 2. The molecule has 1 saturated carbocycles. The van der Waals surface area contributed by atoms with Gasteiger partial charge in [0, 0.05) is 19.0 Å². The average Bonchev–Trinajstić information content (AvgIpc) is 3.19. The first-order valence-corrected chi connectivity index (χ1v) is 7.75. The lowest BCUT2D eigenvalue weighted by atomic mass is 9.92. The number of para-hydroxylation sites is 1. The van der Waals surface area contributed by atoms with Crippen LogP contribution in [0.15, 0.2) is 24.3 Å². The Morgan fingerprint density at radius 1 is 1.32 bits per heavy atom. The summed E-state index contributed by atoms with van der Waals surface area (Å²) in [5, 5.41) is 3.73. The van der Waals surface area contributed by atoms with E-state index in [4.69, 9.17) is 4.74 Å². The molecule has 19 heavy (non-hydrogen) atoms. The molecule has 0 aromatic heterocycles. The van der Waals surface area contributed by atoms with E-state index in [1.165, 1.54) is 37.8 Å². The molecule has 1 fully saturated rings. The van der Waals surface area contributed by atoms with E-state index in [1.807, 2.05) is 0 Å². The van der Waals surface area contributed by atoms with E-state index in [1.54, 1.807) is 0 Å². The fraction of sp³-hybridized carbons (Fsp3) is 0.647. The van der Waals surface area contributed by atoms with Gasteiger partial charge in [0.25, 0.3) is 0 Å². The van der Waals surface area contributed by atoms with Gasteiger partial charge in [-0.1, -0.05) is 31.5 Å². The second kappa shape index (κ2) is 5.54. The molecule has 1 aliphatic carbocycles. The predicted molar refractivity (Wildman–Crippen MR) is 78.7 cm³/mol. The summed E-state index contributed by atoms with van der Waals surface area (Å²) < 4.78 is 5.72. The maximum atomic E-state index is 5.72. The highest BCUT2D eigenvalue weighted by Crippen LogP contribution is 2.49. The second-order valence-electron chi connectivity index (χ2n) is 6.25. The van der Waals surface area contributed by atoms with E-state index >= 15 is 0 Å². The number of ether oxygens (including phenoxy) is 1. The summed E-state index contributed by atoms with van der Waals surface area (Å²) in [5.41, 5.74) is 2.04. The summed E-state index contributed by atoms with van der Waals surface area (Å²) >= 11 is 0. The molecule has 1 N–H and O–H groups in total. The lowest BCUT2D eigenvalue weighted by Crippen LogP contribution is -2.30. The molecule has 1 heterocycles. The van der Waals surface area contributed by atoms with Crippen LogP contribution in [0.25, 0.3) is 0 Å². The summed E-state index contributed by atoms with van der Waals surface area (Å²) in [7, 11) is 0. The van der Waals surface area contributed by atoms with Gasteiger partial charge < -0.3 is 10.1 Å². The number of benzene rings is 1. The van der Waals surface area contributed by atoms with Gasteiger partial charge in [0.2, 0.25) is 0 Å². The minimum Gasteiger partial charge on any atom is -0.493 e. The molecule has 1 atom stereocenters. The molecule has 0 radical (unpaired) electrons. The van der Waals surface area contributed by atoms with Crippen LogP contribution < -0.4 is 10.1 Å². The second-order valence-corrected chi connectivity index (χ2v) is 6.25. The average molecular weight is 259 g/mol. The Bertz CT molecular complexity index is 425. The monoisotopic (exact) mass is 259 g/mol. The van der Waals surface area contributed by atoms with E-state index < -0.39 is 0 Å². The van der Waals surface area contributed by atoms with Gasteiger partial charge in [0.15, 0.2) is 0 Å². The number of fused-ring (bicyclic) bond motifs is 1. The number of nitrogens with one attached hydrogen (secondary N) is 1. The van der Waals surface area contributed by atoms with Crippen molar-refractivity contribution in [3.63, 3.8) is 0 Å². The zero-order valence-corrected chi connectivity index (χ0v) is 12.0. The zero-order chi connectivity index (χ0) is 13.1. The van der Waals surface area contributed by atoms with Crippen molar-refractivity contribution in [2.24, 2.45) is 5.41 Å². The van der Waals surface area contributed by atoms with Crippen molar-refractivity contribution in [2.75, 3.05) is 19.7 Å². The van der Waals surface area contributed by atoms with Gasteiger partial charge in [-0.05, 0) is 42.7 Å². The van der Waals surface area contributed by atoms with Gasteiger partial charge in [0.1, 0.15) is 5.75 Å². The van der Waals surface area contributed by atoms with E-state index in [0.29, 0.717) is 11.3 Å². The molecule has 3 rings (SSSR count). The van der Waals surface area contributed by atoms with Crippen LogP contribution in [0.4, 0.5) is 0 Å². The van der Waals surface area contributed by atoms with Gasteiger partial charge >= 0.3 is 0 Å². The van der Waals surface area contributed by atoms with Crippen molar-refractivity contribution in [3.8, 4) is 5.75 Å². The van der Waals surface area contributed by atoms with Crippen LogP contribution in [0.2, 0.25) is 0 Å². The van der Waals surface area contributed by atoms with Crippen molar-refractivity contribution < 1.29 is 4.74 Å². The largest absolute Gasteiger partial charge is 0.493 e. The van der Waals surface area contributed by atoms with Crippen LogP contribution >= 0.6 is 0 Å². The summed E-state index contributed by atoms with van der Waals surface area (Å²) in [6.07, 6.45) is 6.72. The molecule has 1 aromatic rings. The normalized spacial score (nSPS) is 23.5. The molecule has 2 aliphatic rings. The third-order valence-electron chi connectivity index (χ3n) is 4.71. The van der Waals surface area contributed by atoms with Crippen molar-refractivity contribution >= 4 is 0 Å². The summed E-state index contributed by atoms with van der Waals surface area (Å²) in [6.45, 7) is 5.48. The smallest absolute Gasteiger partial charge is 0.122 e. The fourth-order valence-corrected chi connectivity index (χ4v) is 3.36. The van der Waals surface area contributed by atoms with Crippen LogP contribution in [0.3, 0.4) is 0 Å². The van der Waals surface area contributed by atoms with Gasteiger partial charge in [0.05, 0.1) is 6.61 Å².